The summed E-state index contributed by atoms with van der Waals surface area (Å²) in [5.74, 6) is 1.91. The quantitative estimate of drug-likeness (QED) is 0.885. The van der Waals surface area contributed by atoms with Crippen molar-refractivity contribution in [2.45, 2.75) is 38.6 Å². The van der Waals surface area contributed by atoms with Gasteiger partial charge >= 0.3 is 0 Å². The van der Waals surface area contributed by atoms with Crippen LogP contribution in [-0.2, 0) is 20.0 Å². The lowest BCUT2D eigenvalue weighted by molar-refractivity contribution is 0.619. The Balaban J connectivity index is 1.93. The Hall–Kier alpha value is -1.62. The summed E-state index contributed by atoms with van der Waals surface area (Å²) in [4.78, 5) is 4.90. The normalized spacial score (nSPS) is 18.6. The summed E-state index contributed by atoms with van der Waals surface area (Å²) in [6.45, 7) is 4.03. The maximum atomic E-state index is 4.90. The SMILES string of the molecule is Cc1nn(C)cc1-n1c(C2CC2)nc2c1CCNC2. The Morgan fingerprint density at radius 2 is 2.21 bits per heavy atom. The van der Waals surface area contributed by atoms with E-state index in [2.05, 4.69) is 28.1 Å². The lowest BCUT2D eigenvalue weighted by Crippen LogP contribution is -2.24. The first kappa shape index (κ1) is 11.2. The van der Waals surface area contributed by atoms with Gasteiger partial charge < -0.3 is 5.32 Å². The molecule has 4 rings (SSSR count). The molecular formula is C14H19N5. The molecule has 19 heavy (non-hydrogen) atoms. The molecule has 1 saturated carbocycles. The van der Waals surface area contributed by atoms with Gasteiger partial charge in [0.1, 0.15) is 5.82 Å². The fourth-order valence-corrected chi connectivity index (χ4v) is 3.02. The molecule has 1 aliphatic heterocycles. The van der Waals surface area contributed by atoms with Gasteiger partial charge in [0.15, 0.2) is 0 Å². The van der Waals surface area contributed by atoms with E-state index in [0.29, 0.717) is 5.92 Å². The summed E-state index contributed by atoms with van der Waals surface area (Å²) in [6.07, 6.45) is 5.74. The van der Waals surface area contributed by atoms with Crippen LogP contribution in [0.4, 0.5) is 0 Å². The summed E-state index contributed by atoms with van der Waals surface area (Å²) in [7, 11) is 1.98. The monoisotopic (exact) mass is 257 g/mol. The predicted molar refractivity (Wildman–Crippen MR) is 72.5 cm³/mol. The van der Waals surface area contributed by atoms with Crippen LogP contribution in [0.3, 0.4) is 0 Å². The summed E-state index contributed by atoms with van der Waals surface area (Å²) >= 11 is 0. The fourth-order valence-electron chi connectivity index (χ4n) is 3.02. The molecule has 1 fully saturated rings. The van der Waals surface area contributed by atoms with Crippen molar-refractivity contribution in [1.29, 1.82) is 0 Å². The van der Waals surface area contributed by atoms with Crippen molar-refractivity contribution in [2.24, 2.45) is 7.05 Å². The number of aromatic nitrogens is 4. The van der Waals surface area contributed by atoms with Crippen LogP contribution in [0.1, 0.15) is 41.7 Å². The molecular weight excluding hydrogens is 238 g/mol. The lowest BCUT2D eigenvalue weighted by Gasteiger charge is -2.15. The first-order valence-corrected chi connectivity index (χ1v) is 7.06. The Bertz CT molecular complexity index is 633. The predicted octanol–water partition coefficient (Wildman–Crippen LogP) is 1.44. The highest BCUT2D eigenvalue weighted by Gasteiger charge is 2.33. The number of hydrogen-bond acceptors (Lipinski definition) is 3. The molecule has 2 aliphatic rings. The molecule has 0 bridgehead atoms. The molecule has 0 aromatic carbocycles. The van der Waals surface area contributed by atoms with Crippen LogP contribution in [-0.4, -0.2) is 25.9 Å². The molecule has 0 radical (unpaired) electrons. The fraction of sp³-hybridized carbons (Fsp3) is 0.571. The van der Waals surface area contributed by atoms with E-state index < -0.39 is 0 Å². The van der Waals surface area contributed by atoms with Crippen LogP contribution in [0.25, 0.3) is 5.69 Å². The van der Waals surface area contributed by atoms with E-state index in [4.69, 9.17) is 4.98 Å². The topological polar surface area (TPSA) is 47.7 Å². The average Bonchev–Trinajstić information content (AvgIpc) is 3.09. The van der Waals surface area contributed by atoms with Gasteiger partial charge in [0.05, 0.1) is 17.1 Å². The second kappa shape index (κ2) is 3.93. The molecule has 0 atom stereocenters. The molecule has 0 unspecified atom stereocenters. The van der Waals surface area contributed by atoms with Crippen molar-refractivity contribution in [3.63, 3.8) is 0 Å². The van der Waals surface area contributed by atoms with Gasteiger partial charge in [-0.2, -0.15) is 5.10 Å². The van der Waals surface area contributed by atoms with Gasteiger partial charge in [-0.25, -0.2) is 4.98 Å². The Morgan fingerprint density at radius 1 is 1.37 bits per heavy atom. The largest absolute Gasteiger partial charge is 0.311 e. The smallest absolute Gasteiger partial charge is 0.117 e. The maximum Gasteiger partial charge on any atom is 0.117 e. The van der Waals surface area contributed by atoms with Crippen LogP contribution >= 0.6 is 0 Å². The van der Waals surface area contributed by atoms with Crippen molar-refractivity contribution >= 4 is 0 Å². The van der Waals surface area contributed by atoms with E-state index in [-0.39, 0.29) is 0 Å². The number of nitrogens with one attached hydrogen (secondary N) is 1. The zero-order chi connectivity index (χ0) is 13.0. The van der Waals surface area contributed by atoms with Gasteiger partial charge in [-0.3, -0.25) is 9.25 Å². The molecule has 3 heterocycles. The Labute approximate surface area is 112 Å². The number of hydrogen-bond donors (Lipinski definition) is 1. The van der Waals surface area contributed by atoms with Gasteiger partial charge in [0.25, 0.3) is 0 Å². The van der Waals surface area contributed by atoms with E-state index in [1.807, 2.05) is 11.7 Å². The highest BCUT2D eigenvalue weighted by Crippen LogP contribution is 2.41. The maximum absolute atomic E-state index is 4.90. The van der Waals surface area contributed by atoms with E-state index in [9.17, 15) is 0 Å². The average molecular weight is 257 g/mol. The van der Waals surface area contributed by atoms with Crippen LogP contribution in [0, 0.1) is 6.92 Å². The molecule has 2 aromatic rings. The highest BCUT2D eigenvalue weighted by atomic mass is 15.3. The zero-order valence-electron chi connectivity index (χ0n) is 11.5. The van der Waals surface area contributed by atoms with Crippen molar-refractivity contribution in [3.8, 4) is 5.69 Å². The minimum absolute atomic E-state index is 0.658. The second-order valence-electron chi connectivity index (χ2n) is 5.67. The molecule has 5 nitrogen and oxygen atoms in total. The van der Waals surface area contributed by atoms with Crippen molar-refractivity contribution in [1.82, 2.24) is 24.6 Å². The van der Waals surface area contributed by atoms with Crippen LogP contribution in [0.2, 0.25) is 0 Å². The second-order valence-corrected chi connectivity index (χ2v) is 5.67. The minimum atomic E-state index is 0.658. The van der Waals surface area contributed by atoms with Gasteiger partial charge in [0.2, 0.25) is 0 Å². The summed E-state index contributed by atoms with van der Waals surface area (Å²) in [5, 5.41) is 7.90. The number of aryl methyl sites for hydroxylation is 2. The Morgan fingerprint density at radius 3 is 2.89 bits per heavy atom. The third kappa shape index (κ3) is 1.72. The van der Waals surface area contributed by atoms with Crippen LogP contribution in [0.15, 0.2) is 6.20 Å². The van der Waals surface area contributed by atoms with Crippen molar-refractivity contribution < 1.29 is 0 Å². The van der Waals surface area contributed by atoms with E-state index in [0.717, 1.165) is 25.2 Å². The number of fused-ring (bicyclic) bond motifs is 1. The van der Waals surface area contributed by atoms with Gasteiger partial charge in [-0.1, -0.05) is 0 Å². The molecule has 0 amide bonds. The summed E-state index contributed by atoms with van der Waals surface area (Å²) in [6, 6.07) is 0. The van der Waals surface area contributed by atoms with E-state index >= 15 is 0 Å². The zero-order valence-corrected chi connectivity index (χ0v) is 11.5. The van der Waals surface area contributed by atoms with Crippen LogP contribution in [0.5, 0.6) is 0 Å². The molecule has 2 aromatic heterocycles. The first-order valence-electron chi connectivity index (χ1n) is 7.06. The molecule has 0 spiro atoms. The standard InChI is InChI=1S/C14H19N5/c1-9-13(8-18(2)17-9)19-12-5-6-15-7-11(12)16-14(19)10-3-4-10/h8,10,15H,3-7H2,1-2H3. The summed E-state index contributed by atoms with van der Waals surface area (Å²) < 4.78 is 4.28. The number of rotatable bonds is 2. The van der Waals surface area contributed by atoms with Gasteiger partial charge in [-0.05, 0) is 19.8 Å². The minimum Gasteiger partial charge on any atom is -0.311 e. The molecule has 1 aliphatic carbocycles. The van der Waals surface area contributed by atoms with Crippen molar-refractivity contribution in [2.75, 3.05) is 6.54 Å². The van der Waals surface area contributed by atoms with E-state index in [1.54, 1.807) is 0 Å². The number of imidazole rings is 1. The van der Waals surface area contributed by atoms with E-state index in [1.165, 1.54) is 35.7 Å². The van der Waals surface area contributed by atoms with Crippen LogP contribution < -0.4 is 5.32 Å². The number of nitrogens with zero attached hydrogens (tertiary/aromatic N) is 4. The lowest BCUT2D eigenvalue weighted by atomic mass is 10.2. The van der Waals surface area contributed by atoms with Gasteiger partial charge in [0, 0.05) is 44.4 Å². The third-order valence-corrected chi connectivity index (χ3v) is 4.08. The highest BCUT2D eigenvalue weighted by molar-refractivity contribution is 5.41. The summed E-state index contributed by atoms with van der Waals surface area (Å²) in [5.41, 5.74) is 4.91. The first-order chi connectivity index (χ1) is 9.24. The molecule has 0 saturated heterocycles. The molecule has 1 N–H and O–H groups in total. The third-order valence-electron chi connectivity index (χ3n) is 4.08. The van der Waals surface area contributed by atoms with Gasteiger partial charge in [-0.15, -0.1) is 0 Å². The molecule has 5 heteroatoms. The Kier molecular flexibility index (Phi) is 2.33. The molecule has 100 valence electrons. The van der Waals surface area contributed by atoms with Crippen molar-refractivity contribution in [3.05, 3.63) is 29.1 Å².